The number of ether oxygens (including phenoxy) is 1. The third-order valence-corrected chi connectivity index (χ3v) is 7.22. The van der Waals surface area contributed by atoms with Gasteiger partial charge in [0, 0.05) is 31.9 Å². The predicted octanol–water partition coefficient (Wildman–Crippen LogP) is 4.11. The van der Waals surface area contributed by atoms with Gasteiger partial charge in [0.15, 0.2) is 0 Å². The van der Waals surface area contributed by atoms with Crippen LogP contribution in [0.4, 0.5) is 11.4 Å². The van der Waals surface area contributed by atoms with Crippen LogP contribution in [0, 0.1) is 0 Å². The second kappa shape index (κ2) is 9.72. The molecule has 0 bridgehead atoms. The smallest absolute Gasteiger partial charge is 0.261 e. The minimum Gasteiger partial charge on any atom is -0.497 e. The maximum atomic E-state index is 13.0. The van der Waals surface area contributed by atoms with E-state index in [0.29, 0.717) is 37.4 Å². The third kappa shape index (κ3) is 5.23. The summed E-state index contributed by atoms with van der Waals surface area (Å²) in [7, 11) is -2.10. The Morgan fingerprint density at radius 3 is 2.21 bits per heavy atom. The number of benzene rings is 3. The van der Waals surface area contributed by atoms with Crippen LogP contribution in [0.5, 0.6) is 5.75 Å². The SMILES string of the molecule is COc1ccc(N2CCN(C(=O)c3ccc(NS(=O)(=O)c4ccccc4)cc3Cl)CC2)cc1. The summed E-state index contributed by atoms with van der Waals surface area (Å²) in [6.07, 6.45) is 0. The standard InChI is InChI=1S/C24H24ClN3O4S/c1-32-20-10-8-19(9-11-20)27-13-15-28(16-14-27)24(29)22-12-7-18(17-23(22)25)26-33(30,31)21-5-3-2-4-6-21/h2-12,17,26H,13-16H2,1H3. The maximum Gasteiger partial charge on any atom is 0.261 e. The molecular formula is C24H24ClN3O4S. The molecule has 172 valence electrons. The molecular weight excluding hydrogens is 462 g/mol. The average Bonchev–Trinajstić information content (AvgIpc) is 2.84. The fourth-order valence-electron chi connectivity index (χ4n) is 3.70. The quantitative estimate of drug-likeness (QED) is 0.568. The van der Waals surface area contributed by atoms with Gasteiger partial charge in [-0.3, -0.25) is 9.52 Å². The van der Waals surface area contributed by atoms with Gasteiger partial charge < -0.3 is 14.5 Å². The molecule has 0 unspecified atom stereocenters. The van der Waals surface area contributed by atoms with E-state index in [1.54, 1.807) is 42.3 Å². The van der Waals surface area contributed by atoms with Crippen molar-refractivity contribution in [3.8, 4) is 5.75 Å². The highest BCUT2D eigenvalue weighted by Gasteiger charge is 2.24. The molecule has 9 heteroatoms. The zero-order chi connectivity index (χ0) is 23.4. The Morgan fingerprint density at radius 1 is 0.939 bits per heavy atom. The lowest BCUT2D eigenvalue weighted by molar-refractivity contribution is 0.0747. The second-order valence-corrected chi connectivity index (χ2v) is 9.68. The number of halogens is 1. The molecule has 1 heterocycles. The number of carbonyl (C=O) groups is 1. The monoisotopic (exact) mass is 485 g/mol. The number of carbonyl (C=O) groups excluding carboxylic acids is 1. The summed E-state index contributed by atoms with van der Waals surface area (Å²) in [4.78, 5) is 17.2. The van der Waals surface area contributed by atoms with Gasteiger partial charge in [-0.2, -0.15) is 0 Å². The lowest BCUT2D eigenvalue weighted by Gasteiger charge is -2.36. The molecule has 1 N–H and O–H groups in total. The van der Waals surface area contributed by atoms with Crippen molar-refractivity contribution in [2.24, 2.45) is 0 Å². The van der Waals surface area contributed by atoms with E-state index in [9.17, 15) is 13.2 Å². The molecule has 1 aliphatic rings. The summed E-state index contributed by atoms with van der Waals surface area (Å²) >= 11 is 6.37. The Kier molecular flexibility index (Phi) is 6.76. The number of methoxy groups -OCH3 is 1. The Hall–Kier alpha value is -3.23. The zero-order valence-electron chi connectivity index (χ0n) is 18.1. The highest BCUT2D eigenvalue weighted by Crippen LogP contribution is 2.26. The molecule has 0 saturated carbocycles. The largest absolute Gasteiger partial charge is 0.497 e. The lowest BCUT2D eigenvalue weighted by atomic mass is 10.1. The summed E-state index contributed by atoms with van der Waals surface area (Å²) in [6, 6.07) is 20.5. The van der Waals surface area contributed by atoms with E-state index >= 15 is 0 Å². The highest BCUT2D eigenvalue weighted by atomic mass is 35.5. The first-order valence-corrected chi connectivity index (χ1v) is 12.3. The molecule has 0 spiro atoms. The second-order valence-electron chi connectivity index (χ2n) is 7.59. The van der Waals surface area contributed by atoms with E-state index < -0.39 is 10.0 Å². The van der Waals surface area contributed by atoms with Crippen LogP contribution >= 0.6 is 11.6 Å². The van der Waals surface area contributed by atoms with Gasteiger partial charge in [-0.05, 0) is 54.6 Å². The molecule has 1 fully saturated rings. The van der Waals surface area contributed by atoms with Crippen molar-refractivity contribution in [3.63, 3.8) is 0 Å². The summed E-state index contributed by atoms with van der Waals surface area (Å²) < 4.78 is 32.7. The number of hydrogen-bond acceptors (Lipinski definition) is 5. The predicted molar refractivity (Wildman–Crippen MR) is 130 cm³/mol. The van der Waals surface area contributed by atoms with Crippen molar-refractivity contribution in [2.75, 3.05) is 42.9 Å². The lowest BCUT2D eigenvalue weighted by Crippen LogP contribution is -2.48. The van der Waals surface area contributed by atoms with Gasteiger partial charge >= 0.3 is 0 Å². The van der Waals surface area contributed by atoms with E-state index in [0.717, 1.165) is 11.4 Å². The fraction of sp³-hybridized carbons (Fsp3) is 0.208. The van der Waals surface area contributed by atoms with Gasteiger partial charge in [0.25, 0.3) is 15.9 Å². The number of piperazine rings is 1. The summed E-state index contributed by atoms with van der Waals surface area (Å²) in [6.45, 7) is 2.52. The van der Waals surface area contributed by atoms with Gasteiger partial charge in [-0.15, -0.1) is 0 Å². The average molecular weight is 486 g/mol. The van der Waals surface area contributed by atoms with E-state index in [1.165, 1.54) is 18.2 Å². The summed E-state index contributed by atoms with van der Waals surface area (Å²) in [5, 5.41) is 0.200. The minimum atomic E-state index is -3.74. The van der Waals surface area contributed by atoms with Gasteiger partial charge in [0.2, 0.25) is 0 Å². The van der Waals surface area contributed by atoms with E-state index in [-0.39, 0.29) is 15.8 Å². The first-order valence-electron chi connectivity index (χ1n) is 10.4. The molecule has 0 radical (unpaired) electrons. The van der Waals surface area contributed by atoms with Crippen LogP contribution in [0.1, 0.15) is 10.4 Å². The van der Waals surface area contributed by atoms with Crippen LogP contribution in [0.15, 0.2) is 77.7 Å². The Labute approximate surface area is 198 Å². The molecule has 0 aromatic heterocycles. The van der Waals surface area contributed by atoms with Gasteiger partial charge in [0.05, 0.1) is 28.3 Å². The number of sulfonamides is 1. The number of rotatable bonds is 6. The van der Waals surface area contributed by atoms with E-state index in [4.69, 9.17) is 16.3 Å². The third-order valence-electron chi connectivity index (χ3n) is 5.51. The number of nitrogens with one attached hydrogen (secondary N) is 1. The van der Waals surface area contributed by atoms with Crippen LogP contribution in [0.2, 0.25) is 5.02 Å². The molecule has 3 aromatic rings. The molecule has 0 aliphatic carbocycles. The molecule has 1 saturated heterocycles. The number of nitrogens with zero attached hydrogens (tertiary/aromatic N) is 2. The van der Waals surface area contributed by atoms with Crippen molar-refractivity contribution < 1.29 is 17.9 Å². The van der Waals surface area contributed by atoms with Gasteiger partial charge in [-0.25, -0.2) is 8.42 Å². The number of anilines is 2. The van der Waals surface area contributed by atoms with Crippen molar-refractivity contribution in [2.45, 2.75) is 4.90 Å². The van der Waals surface area contributed by atoms with Crippen LogP contribution in [-0.2, 0) is 10.0 Å². The zero-order valence-corrected chi connectivity index (χ0v) is 19.6. The molecule has 1 aliphatic heterocycles. The Bertz CT molecular complexity index is 1230. The number of hydrogen-bond donors (Lipinski definition) is 1. The van der Waals surface area contributed by atoms with Crippen LogP contribution < -0.4 is 14.4 Å². The first kappa shape index (κ1) is 22.9. The van der Waals surface area contributed by atoms with E-state index in [2.05, 4.69) is 9.62 Å². The number of amides is 1. The van der Waals surface area contributed by atoms with Crippen molar-refractivity contribution in [1.82, 2.24) is 4.90 Å². The van der Waals surface area contributed by atoms with Gasteiger partial charge in [0.1, 0.15) is 5.75 Å². The maximum absolute atomic E-state index is 13.0. The molecule has 1 amide bonds. The fourth-order valence-corrected chi connectivity index (χ4v) is 5.03. The van der Waals surface area contributed by atoms with Crippen LogP contribution in [0.3, 0.4) is 0 Å². The van der Waals surface area contributed by atoms with Crippen LogP contribution in [0.25, 0.3) is 0 Å². The molecule has 3 aromatic carbocycles. The van der Waals surface area contributed by atoms with Crippen molar-refractivity contribution in [1.29, 1.82) is 0 Å². The molecule has 0 atom stereocenters. The topological polar surface area (TPSA) is 79.0 Å². The Balaban J connectivity index is 1.40. The summed E-state index contributed by atoms with van der Waals surface area (Å²) in [5.41, 5.74) is 1.72. The Morgan fingerprint density at radius 2 is 1.61 bits per heavy atom. The molecule has 4 rings (SSSR count). The van der Waals surface area contributed by atoms with E-state index in [1.807, 2.05) is 24.3 Å². The normalized spacial score (nSPS) is 14.1. The van der Waals surface area contributed by atoms with Crippen molar-refractivity contribution >= 4 is 38.9 Å². The molecule has 7 nitrogen and oxygen atoms in total. The van der Waals surface area contributed by atoms with Crippen LogP contribution in [-0.4, -0.2) is 52.5 Å². The van der Waals surface area contributed by atoms with Crippen molar-refractivity contribution in [3.05, 3.63) is 83.4 Å². The van der Waals surface area contributed by atoms with Gasteiger partial charge in [-0.1, -0.05) is 29.8 Å². The highest BCUT2D eigenvalue weighted by molar-refractivity contribution is 7.92. The molecule has 33 heavy (non-hydrogen) atoms. The summed E-state index contributed by atoms with van der Waals surface area (Å²) in [5.74, 6) is 0.628. The first-order chi connectivity index (χ1) is 15.9. The minimum absolute atomic E-state index is 0.149.